The van der Waals surface area contributed by atoms with Gasteiger partial charge in [0.2, 0.25) is 5.78 Å². The first kappa shape index (κ1) is 15.3. The van der Waals surface area contributed by atoms with Crippen molar-refractivity contribution in [3.63, 3.8) is 0 Å². The Labute approximate surface area is 144 Å². The van der Waals surface area contributed by atoms with Crippen molar-refractivity contribution in [2.75, 3.05) is 4.90 Å². The third-order valence-corrected chi connectivity index (χ3v) is 4.65. The van der Waals surface area contributed by atoms with E-state index >= 15 is 0 Å². The lowest BCUT2D eigenvalue weighted by molar-refractivity contribution is -0.117. The lowest BCUT2D eigenvalue weighted by Gasteiger charge is -2.21. The molecular weight excluding hydrogens is 346 g/mol. The number of thiophene rings is 1. The minimum atomic E-state index is -0.852. The fraction of sp³-hybridized carbons (Fsp3) is 0.133. The maximum Gasteiger partial charge on any atom is 0.296 e. The van der Waals surface area contributed by atoms with Crippen molar-refractivity contribution in [2.24, 2.45) is 7.05 Å². The summed E-state index contributed by atoms with van der Waals surface area (Å²) in [7, 11) is 1.55. The first-order valence-electron chi connectivity index (χ1n) is 7.20. The predicted molar refractivity (Wildman–Crippen MR) is 86.0 cm³/mol. The van der Waals surface area contributed by atoms with Gasteiger partial charge in [-0.25, -0.2) is 0 Å². The fourth-order valence-electron chi connectivity index (χ4n) is 2.67. The van der Waals surface area contributed by atoms with E-state index in [1.807, 2.05) is 5.38 Å². The first-order chi connectivity index (χ1) is 12.1. The summed E-state index contributed by atoms with van der Waals surface area (Å²) >= 11 is 1.34. The topological polar surface area (TPSA) is 114 Å². The number of amides is 1. The molecule has 0 aromatic carbocycles. The minimum Gasteiger partial charge on any atom is -0.503 e. The molecule has 1 aliphatic heterocycles. The SMILES string of the molecule is Cn1nnc(N2C(=O)C(O)=C(C(=O)c3ccco3)[C@H]2c2cccs2)n1. The molecular formula is C15H11N5O4S. The molecule has 3 aromatic rings. The molecule has 1 aliphatic rings. The van der Waals surface area contributed by atoms with E-state index in [2.05, 4.69) is 15.4 Å². The van der Waals surface area contributed by atoms with Gasteiger partial charge in [-0.15, -0.1) is 16.4 Å². The van der Waals surface area contributed by atoms with Crippen molar-refractivity contribution in [3.8, 4) is 0 Å². The van der Waals surface area contributed by atoms with Gasteiger partial charge >= 0.3 is 0 Å². The third-order valence-electron chi connectivity index (χ3n) is 3.72. The number of nitrogens with zero attached hydrogens (tertiary/aromatic N) is 5. The average molecular weight is 357 g/mol. The second-order valence-electron chi connectivity index (χ2n) is 5.24. The zero-order valence-electron chi connectivity index (χ0n) is 12.9. The second-order valence-corrected chi connectivity index (χ2v) is 6.22. The molecule has 4 rings (SSSR count). The molecule has 0 radical (unpaired) electrons. The Kier molecular flexibility index (Phi) is 3.46. The van der Waals surface area contributed by atoms with Gasteiger partial charge in [0, 0.05) is 4.88 Å². The number of furan rings is 1. The second kappa shape index (κ2) is 5.67. The number of anilines is 1. The predicted octanol–water partition coefficient (Wildman–Crippen LogP) is 1.65. The summed E-state index contributed by atoms with van der Waals surface area (Å²) < 4.78 is 5.13. The van der Waals surface area contributed by atoms with Gasteiger partial charge in [0.1, 0.15) is 6.04 Å². The summed E-state index contributed by atoms with van der Waals surface area (Å²) in [4.78, 5) is 28.5. The number of carbonyl (C=O) groups excluding carboxylic acids is 2. The van der Waals surface area contributed by atoms with Gasteiger partial charge in [-0.2, -0.15) is 4.80 Å². The van der Waals surface area contributed by atoms with Crippen molar-refractivity contribution >= 4 is 29.0 Å². The Balaban J connectivity index is 1.86. The van der Waals surface area contributed by atoms with E-state index in [0.29, 0.717) is 4.88 Å². The van der Waals surface area contributed by atoms with Crippen LogP contribution in [0.3, 0.4) is 0 Å². The Morgan fingerprint density at radius 2 is 2.20 bits per heavy atom. The average Bonchev–Trinajstić information content (AvgIpc) is 3.36. The van der Waals surface area contributed by atoms with E-state index in [4.69, 9.17) is 4.42 Å². The van der Waals surface area contributed by atoms with Crippen molar-refractivity contribution in [3.05, 3.63) is 57.9 Å². The number of rotatable bonds is 4. The number of Topliss-reactive ketones (excluding diaryl/α,β-unsaturated/α-hetero) is 1. The van der Waals surface area contributed by atoms with Crippen LogP contribution in [0.5, 0.6) is 0 Å². The van der Waals surface area contributed by atoms with Crippen LogP contribution in [0.2, 0.25) is 0 Å². The van der Waals surface area contributed by atoms with Crippen LogP contribution >= 0.6 is 11.3 Å². The molecule has 1 atom stereocenters. The standard InChI is InChI=1S/C15H11N5O4S/c1-19-17-15(16-18-19)20-11(9-5-3-7-25-9)10(13(22)14(20)23)12(21)8-4-2-6-24-8/h2-7,11,22H,1H3/t11-/m1/s1. The zero-order chi connectivity index (χ0) is 17.6. The lowest BCUT2D eigenvalue weighted by Crippen LogP contribution is -2.31. The van der Waals surface area contributed by atoms with Gasteiger partial charge in [-0.1, -0.05) is 11.2 Å². The maximum atomic E-state index is 12.8. The molecule has 0 saturated heterocycles. The Morgan fingerprint density at radius 1 is 1.36 bits per heavy atom. The molecule has 0 spiro atoms. The number of aliphatic hydroxyl groups is 1. The number of aliphatic hydroxyl groups excluding tert-OH is 1. The van der Waals surface area contributed by atoms with Gasteiger partial charge in [0.25, 0.3) is 11.9 Å². The molecule has 0 aliphatic carbocycles. The van der Waals surface area contributed by atoms with Gasteiger partial charge in [0.15, 0.2) is 11.5 Å². The highest BCUT2D eigenvalue weighted by molar-refractivity contribution is 7.10. The summed E-state index contributed by atoms with van der Waals surface area (Å²) in [5, 5.41) is 23.8. The molecule has 4 heterocycles. The van der Waals surface area contributed by atoms with E-state index in [1.165, 1.54) is 28.5 Å². The number of carbonyl (C=O) groups is 2. The van der Waals surface area contributed by atoms with E-state index in [9.17, 15) is 14.7 Å². The molecule has 1 N–H and O–H groups in total. The number of tetrazole rings is 1. The largest absolute Gasteiger partial charge is 0.503 e. The highest BCUT2D eigenvalue weighted by Crippen LogP contribution is 2.42. The van der Waals surface area contributed by atoms with Crippen LogP contribution in [-0.2, 0) is 11.8 Å². The van der Waals surface area contributed by atoms with Crippen molar-refractivity contribution in [1.82, 2.24) is 20.2 Å². The molecule has 0 saturated carbocycles. The molecule has 0 bridgehead atoms. The number of aryl methyl sites for hydroxylation is 1. The zero-order valence-corrected chi connectivity index (χ0v) is 13.7. The van der Waals surface area contributed by atoms with Crippen LogP contribution in [0, 0.1) is 0 Å². The summed E-state index contributed by atoms with van der Waals surface area (Å²) in [6.07, 6.45) is 1.35. The van der Waals surface area contributed by atoms with Gasteiger partial charge in [0.05, 0.1) is 18.9 Å². The van der Waals surface area contributed by atoms with E-state index < -0.39 is 23.5 Å². The van der Waals surface area contributed by atoms with Crippen molar-refractivity contribution in [2.45, 2.75) is 6.04 Å². The Hall–Kier alpha value is -3.27. The van der Waals surface area contributed by atoms with E-state index in [1.54, 1.807) is 25.2 Å². The van der Waals surface area contributed by atoms with E-state index in [0.717, 1.165) is 4.90 Å². The van der Waals surface area contributed by atoms with Crippen LogP contribution in [0.1, 0.15) is 21.5 Å². The molecule has 1 amide bonds. The fourth-order valence-corrected chi connectivity index (χ4v) is 3.49. The summed E-state index contributed by atoms with van der Waals surface area (Å²) in [5.41, 5.74) is -0.0742. The highest BCUT2D eigenvalue weighted by Gasteiger charge is 2.47. The van der Waals surface area contributed by atoms with Crippen molar-refractivity contribution in [1.29, 1.82) is 0 Å². The summed E-state index contributed by atoms with van der Waals surface area (Å²) in [6.45, 7) is 0. The Bertz CT molecular complexity index is 974. The normalized spacial score (nSPS) is 17.6. The van der Waals surface area contributed by atoms with Gasteiger partial charge in [-0.05, 0) is 28.8 Å². The Morgan fingerprint density at radius 3 is 2.80 bits per heavy atom. The van der Waals surface area contributed by atoms with Crippen LogP contribution in [0.25, 0.3) is 0 Å². The summed E-state index contributed by atoms with van der Waals surface area (Å²) in [5.74, 6) is -1.95. The van der Waals surface area contributed by atoms with Crippen LogP contribution in [-0.4, -0.2) is 37.0 Å². The van der Waals surface area contributed by atoms with Gasteiger partial charge < -0.3 is 9.52 Å². The first-order valence-corrected chi connectivity index (χ1v) is 8.08. The smallest absolute Gasteiger partial charge is 0.296 e. The molecule has 25 heavy (non-hydrogen) atoms. The van der Waals surface area contributed by atoms with Crippen LogP contribution in [0.15, 0.2) is 51.7 Å². The molecule has 0 fully saturated rings. The van der Waals surface area contributed by atoms with Gasteiger partial charge in [-0.3, -0.25) is 14.5 Å². The molecule has 9 nitrogen and oxygen atoms in total. The van der Waals surface area contributed by atoms with Crippen molar-refractivity contribution < 1.29 is 19.1 Å². The lowest BCUT2D eigenvalue weighted by atomic mass is 10.0. The number of hydrogen-bond acceptors (Lipinski definition) is 8. The molecule has 0 unspecified atom stereocenters. The van der Waals surface area contributed by atoms with Crippen LogP contribution < -0.4 is 4.90 Å². The molecule has 10 heteroatoms. The number of aromatic nitrogens is 4. The third kappa shape index (κ3) is 2.34. The monoisotopic (exact) mass is 357 g/mol. The maximum absolute atomic E-state index is 12.8. The summed E-state index contributed by atoms with van der Waals surface area (Å²) in [6, 6.07) is 5.73. The molecule has 3 aromatic heterocycles. The number of ketones is 1. The minimum absolute atomic E-state index is 0.000283. The highest BCUT2D eigenvalue weighted by atomic mass is 32.1. The van der Waals surface area contributed by atoms with Crippen LogP contribution in [0.4, 0.5) is 5.95 Å². The van der Waals surface area contributed by atoms with E-state index in [-0.39, 0.29) is 17.3 Å². The number of hydrogen-bond donors (Lipinski definition) is 1. The quantitative estimate of drug-likeness (QED) is 0.706. The molecule has 126 valence electrons.